The summed E-state index contributed by atoms with van der Waals surface area (Å²) in [5, 5.41) is 0. The molecule has 0 amide bonds. The standard InChI is InChI=1S/C7H10S3/c1-3-5-9-7(8)10-6-4-2/h3-4H,1-2,5-6H2. The summed E-state index contributed by atoms with van der Waals surface area (Å²) >= 11 is 8.31. The van der Waals surface area contributed by atoms with Gasteiger partial charge in [-0.1, -0.05) is 24.4 Å². The number of thioether (sulfide) groups is 2. The summed E-state index contributed by atoms with van der Waals surface area (Å²) in [5.74, 6) is 1.81. The van der Waals surface area contributed by atoms with Crippen LogP contribution in [0.5, 0.6) is 0 Å². The fourth-order valence-corrected chi connectivity index (χ4v) is 1.95. The molecule has 0 aromatic carbocycles. The first-order chi connectivity index (χ1) is 4.81. The van der Waals surface area contributed by atoms with Crippen LogP contribution in [-0.4, -0.2) is 15.0 Å². The summed E-state index contributed by atoms with van der Waals surface area (Å²) in [7, 11) is 0. The molecule has 56 valence electrons. The van der Waals surface area contributed by atoms with Crippen molar-refractivity contribution in [3.05, 3.63) is 25.3 Å². The molecule has 0 aromatic rings. The van der Waals surface area contributed by atoms with Gasteiger partial charge in [-0.25, -0.2) is 0 Å². The number of hydrogen-bond acceptors (Lipinski definition) is 3. The zero-order chi connectivity index (χ0) is 7.82. The van der Waals surface area contributed by atoms with Crippen molar-refractivity contribution in [3.63, 3.8) is 0 Å². The lowest BCUT2D eigenvalue weighted by molar-refractivity contribution is 1.83. The fourth-order valence-electron chi connectivity index (χ4n) is 0.296. The largest absolute Gasteiger partial charge is 0.104 e. The minimum Gasteiger partial charge on any atom is -0.104 e. The highest BCUT2D eigenvalue weighted by Gasteiger charge is 1.93. The SMILES string of the molecule is C=CCSC(=S)SCC=C. The van der Waals surface area contributed by atoms with E-state index in [1.807, 2.05) is 12.2 Å². The highest BCUT2D eigenvalue weighted by atomic mass is 32.2. The molecule has 0 bridgehead atoms. The zero-order valence-corrected chi connectivity index (χ0v) is 8.16. The number of thiocarbonyl (C=S) groups is 1. The Labute approximate surface area is 76.2 Å². The zero-order valence-electron chi connectivity index (χ0n) is 5.71. The predicted octanol–water partition coefficient (Wildman–Crippen LogP) is 3.11. The summed E-state index contributed by atoms with van der Waals surface area (Å²) < 4.78 is 0.972. The summed E-state index contributed by atoms with van der Waals surface area (Å²) in [6.45, 7) is 7.21. The van der Waals surface area contributed by atoms with Gasteiger partial charge in [0.1, 0.15) is 3.53 Å². The van der Waals surface area contributed by atoms with Gasteiger partial charge in [0, 0.05) is 11.5 Å². The molecule has 0 aliphatic heterocycles. The smallest absolute Gasteiger partial charge is 0.104 e. The van der Waals surface area contributed by atoms with Crippen LogP contribution in [0.3, 0.4) is 0 Å². The Morgan fingerprint density at radius 3 is 1.90 bits per heavy atom. The summed E-state index contributed by atoms with van der Waals surface area (Å²) in [6, 6.07) is 0. The lowest BCUT2D eigenvalue weighted by Gasteiger charge is -1.96. The van der Waals surface area contributed by atoms with Crippen LogP contribution in [0, 0.1) is 0 Å². The molecule has 0 N–H and O–H groups in total. The molecule has 0 aliphatic carbocycles. The Morgan fingerprint density at radius 1 is 1.20 bits per heavy atom. The lowest BCUT2D eigenvalue weighted by atomic mass is 10.8. The van der Waals surface area contributed by atoms with Crippen LogP contribution in [0.2, 0.25) is 0 Å². The molecule has 0 heterocycles. The van der Waals surface area contributed by atoms with Crippen LogP contribution in [0.1, 0.15) is 0 Å². The molecule has 0 fully saturated rings. The van der Waals surface area contributed by atoms with Crippen molar-refractivity contribution in [2.45, 2.75) is 0 Å². The maximum Gasteiger partial charge on any atom is 0.104 e. The third-order valence-corrected chi connectivity index (χ3v) is 3.33. The van der Waals surface area contributed by atoms with E-state index in [9.17, 15) is 0 Å². The Balaban J connectivity index is 3.24. The van der Waals surface area contributed by atoms with Gasteiger partial charge in [-0.3, -0.25) is 0 Å². The molecule has 0 nitrogen and oxygen atoms in total. The van der Waals surface area contributed by atoms with E-state index in [1.54, 1.807) is 23.5 Å². The molecular formula is C7H10S3. The molecule has 0 radical (unpaired) electrons. The van der Waals surface area contributed by atoms with Gasteiger partial charge in [-0.05, 0) is 0 Å². The Kier molecular flexibility index (Phi) is 7.58. The second kappa shape index (κ2) is 7.38. The van der Waals surface area contributed by atoms with E-state index in [0.717, 1.165) is 15.0 Å². The van der Waals surface area contributed by atoms with Gasteiger partial charge in [0.2, 0.25) is 0 Å². The molecule has 0 aliphatic rings. The van der Waals surface area contributed by atoms with Crippen LogP contribution in [-0.2, 0) is 0 Å². The van der Waals surface area contributed by atoms with Crippen molar-refractivity contribution in [1.29, 1.82) is 0 Å². The first kappa shape index (κ1) is 10.3. The molecule has 3 heteroatoms. The van der Waals surface area contributed by atoms with Crippen LogP contribution < -0.4 is 0 Å². The summed E-state index contributed by atoms with van der Waals surface area (Å²) in [6.07, 6.45) is 3.71. The minimum atomic E-state index is 0.906. The third-order valence-electron chi connectivity index (χ3n) is 0.638. The third kappa shape index (κ3) is 6.39. The number of rotatable bonds is 4. The minimum absolute atomic E-state index is 0.906. The van der Waals surface area contributed by atoms with Crippen molar-refractivity contribution in [2.24, 2.45) is 0 Å². The maximum atomic E-state index is 5.02. The second-order valence-electron chi connectivity index (χ2n) is 1.45. The van der Waals surface area contributed by atoms with E-state index >= 15 is 0 Å². The average Bonchev–Trinajstić information content (AvgIpc) is 1.97. The van der Waals surface area contributed by atoms with Crippen molar-refractivity contribution in [3.8, 4) is 0 Å². The molecule has 0 spiro atoms. The molecule has 0 atom stereocenters. The second-order valence-corrected chi connectivity index (χ2v) is 4.69. The molecule has 0 unspecified atom stereocenters. The molecule has 0 saturated heterocycles. The summed E-state index contributed by atoms with van der Waals surface area (Å²) in [5.41, 5.74) is 0. The van der Waals surface area contributed by atoms with Crippen LogP contribution in [0.4, 0.5) is 0 Å². The highest BCUT2D eigenvalue weighted by molar-refractivity contribution is 8.47. The topological polar surface area (TPSA) is 0 Å². The van der Waals surface area contributed by atoms with E-state index < -0.39 is 0 Å². The first-order valence-corrected chi connectivity index (χ1v) is 5.20. The summed E-state index contributed by atoms with van der Waals surface area (Å²) in [4.78, 5) is 0. The molecule has 0 saturated carbocycles. The van der Waals surface area contributed by atoms with Crippen molar-refractivity contribution in [2.75, 3.05) is 11.5 Å². The van der Waals surface area contributed by atoms with Gasteiger partial charge >= 0.3 is 0 Å². The molecule has 10 heavy (non-hydrogen) atoms. The first-order valence-electron chi connectivity index (χ1n) is 2.82. The van der Waals surface area contributed by atoms with Gasteiger partial charge in [0.05, 0.1) is 0 Å². The Hall–Kier alpha value is 0.270. The van der Waals surface area contributed by atoms with Crippen molar-refractivity contribution in [1.82, 2.24) is 0 Å². The Morgan fingerprint density at radius 2 is 1.60 bits per heavy atom. The lowest BCUT2D eigenvalue weighted by Crippen LogP contribution is -1.82. The van der Waals surface area contributed by atoms with Crippen molar-refractivity contribution >= 4 is 39.3 Å². The number of hydrogen-bond donors (Lipinski definition) is 0. The van der Waals surface area contributed by atoms with Gasteiger partial charge in [-0.2, -0.15) is 0 Å². The van der Waals surface area contributed by atoms with Gasteiger partial charge < -0.3 is 0 Å². The van der Waals surface area contributed by atoms with Gasteiger partial charge in [0.15, 0.2) is 0 Å². The van der Waals surface area contributed by atoms with Gasteiger partial charge in [-0.15, -0.1) is 36.7 Å². The molecular weight excluding hydrogens is 180 g/mol. The van der Waals surface area contributed by atoms with E-state index in [2.05, 4.69) is 13.2 Å². The van der Waals surface area contributed by atoms with E-state index in [1.165, 1.54) is 0 Å². The van der Waals surface area contributed by atoms with E-state index in [4.69, 9.17) is 12.2 Å². The van der Waals surface area contributed by atoms with E-state index in [-0.39, 0.29) is 0 Å². The van der Waals surface area contributed by atoms with Crippen LogP contribution >= 0.6 is 35.7 Å². The normalized spacial score (nSPS) is 8.80. The molecule has 0 rings (SSSR count). The maximum absolute atomic E-state index is 5.02. The highest BCUT2D eigenvalue weighted by Crippen LogP contribution is 2.16. The fraction of sp³-hybridized carbons (Fsp3) is 0.286. The predicted molar refractivity (Wildman–Crippen MR) is 57.9 cm³/mol. The van der Waals surface area contributed by atoms with Gasteiger partial charge in [0.25, 0.3) is 0 Å². The molecule has 0 aromatic heterocycles. The van der Waals surface area contributed by atoms with Crippen LogP contribution in [0.25, 0.3) is 0 Å². The quantitative estimate of drug-likeness (QED) is 0.494. The Bertz CT molecular complexity index is 115. The average molecular weight is 190 g/mol. The van der Waals surface area contributed by atoms with Crippen molar-refractivity contribution < 1.29 is 0 Å². The van der Waals surface area contributed by atoms with E-state index in [0.29, 0.717) is 0 Å². The monoisotopic (exact) mass is 190 g/mol. The van der Waals surface area contributed by atoms with Crippen LogP contribution in [0.15, 0.2) is 25.3 Å².